The number of aliphatic hydroxyl groups excluding tert-OH is 1. The van der Waals surface area contributed by atoms with E-state index in [2.05, 4.69) is 30.8 Å². The van der Waals surface area contributed by atoms with Crippen LogP contribution in [0.4, 0.5) is 0 Å². The molecule has 1 aliphatic carbocycles. The Morgan fingerprint density at radius 3 is 2.79 bits per heavy atom. The number of nitrogens with zero attached hydrogens (tertiary/aromatic N) is 1. The lowest BCUT2D eigenvalue weighted by atomic mass is 10.1. The number of aliphatic hydroxyl groups is 1. The van der Waals surface area contributed by atoms with E-state index < -0.39 is 5.91 Å². The van der Waals surface area contributed by atoms with Crippen molar-refractivity contribution < 1.29 is 15.1 Å². The number of hydroxylamine groups is 1. The first-order valence-corrected chi connectivity index (χ1v) is 8.45. The Kier molecular flexibility index (Phi) is 9.65. The van der Waals surface area contributed by atoms with Crippen LogP contribution in [0.15, 0.2) is 29.3 Å². The summed E-state index contributed by atoms with van der Waals surface area (Å²) in [5.74, 6) is -0.504. The molecule has 24 heavy (non-hydrogen) atoms. The molecule has 0 aliphatic heterocycles. The largest absolute Gasteiger partial charge is 0.394 e. The van der Waals surface area contributed by atoms with Crippen LogP contribution >= 0.6 is 0 Å². The highest BCUT2D eigenvalue weighted by atomic mass is 16.5. The zero-order chi connectivity index (χ0) is 17.8. The van der Waals surface area contributed by atoms with Crippen molar-refractivity contribution in [3.8, 4) is 0 Å². The second-order valence-corrected chi connectivity index (χ2v) is 5.85. The van der Waals surface area contributed by atoms with Gasteiger partial charge < -0.3 is 5.11 Å². The minimum absolute atomic E-state index is 0.0740. The Labute approximate surface area is 144 Å². The maximum Gasteiger partial charge on any atom is 0.267 e. The molecule has 5 nitrogen and oxygen atoms in total. The van der Waals surface area contributed by atoms with Gasteiger partial charge in [-0.3, -0.25) is 15.0 Å². The fourth-order valence-electron chi connectivity index (χ4n) is 2.58. The number of benzene rings is 1. The second kappa shape index (κ2) is 11.5. The first-order valence-electron chi connectivity index (χ1n) is 8.45. The minimum atomic E-state index is -0.504. The molecule has 132 valence electrons. The fraction of sp³-hybridized carbons (Fsp3) is 0.474. The van der Waals surface area contributed by atoms with Crippen molar-refractivity contribution in [1.82, 2.24) is 5.48 Å². The number of carbonyl (C=O) groups is 1. The molecule has 0 saturated heterocycles. The van der Waals surface area contributed by atoms with Gasteiger partial charge in [0.05, 0.1) is 12.6 Å². The number of hydrogen-bond acceptors (Lipinski definition) is 4. The summed E-state index contributed by atoms with van der Waals surface area (Å²) >= 11 is 0. The van der Waals surface area contributed by atoms with Gasteiger partial charge >= 0.3 is 0 Å². The Balaban J connectivity index is 0.000000277. The molecule has 0 aromatic heterocycles. The molecule has 1 unspecified atom stereocenters. The number of carbonyl (C=O) groups excluding carboxylic acids is 1. The van der Waals surface area contributed by atoms with Gasteiger partial charge in [0.2, 0.25) is 0 Å². The average molecular weight is 332 g/mol. The maximum atomic E-state index is 10.8. The number of hydrogen-bond donors (Lipinski definition) is 3. The fourth-order valence-corrected chi connectivity index (χ4v) is 2.58. The van der Waals surface area contributed by atoms with Crippen molar-refractivity contribution >= 4 is 18.7 Å². The monoisotopic (exact) mass is 332 g/mol. The molecule has 5 heteroatoms. The first-order chi connectivity index (χ1) is 11.6. The molecule has 0 spiro atoms. The van der Waals surface area contributed by atoms with Crippen LogP contribution in [0.1, 0.15) is 49.3 Å². The summed E-state index contributed by atoms with van der Waals surface area (Å²) in [6, 6.07) is 6.28. The number of rotatable bonds is 7. The van der Waals surface area contributed by atoms with Crippen molar-refractivity contribution in [2.75, 3.05) is 6.61 Å². The summed E-state index contributed by atoms with van der Waals surface area (Å²) in [7, 11) is 0. The van der Waals surface area contributed by atoms with Crippen LogP contribution in [0, 0.1) is 0 Å². The molecule has 0 bridgehead atoms. The zero-order valence-electron chi connectivity index (χ0n) is 14.4. The van der Waals surface area contributed by atoms with Gasteiger partial charge in [0.1, 0.15) is 0 Å². The SMILES string of the molecule is C=NC(CO)CCCC.O=C(/C=C/c1ccc2c(c1)CCC2)NO. The van der Waals surface area contributed by atoms with E-state index in [4.69, 9.17) is 10.3 Å². The second-order valence-electron chi connectivity index (χ2n) is 5.85. The molecule has 0 radical (unpaired) electrons. The lowest BCUT2D eigenvalue weighted by molar-refractivity contribution is -0.124. The van der Waals surface area contributed by atoms with Gasteiger partial charge in [-0.1, -0.05) is 38.0 Å². The van der Waals surface area contributed by atoms with E-state index in [1.54, 1.807) is 11.6 Å². The van der Waals surface area contributed by atoms with Crippen LogP contribution in [0.5, 0.6) is 0 Å². The summed E-state index contributed by atoms with van der Waals surface area (Å²) in [5.41, 5.74) is 5.35. The van der Waals surface area contributed by atoms with E-state index >= 15 is 0 Å². The van der Waals surface area contributed by atoms with E-state index in [0.29, 0.717) is 0 Å². The topological polar surface area (TPSA) is 81.9 Å². The molecule has 0 heterocycles. The van der Waals surface area contributed by atoms with Gasteiger partial charge in [-0.25, -0.2) is 5.48 Å². The van der Waals surface area contributed by atoms with Crippen LogP contribution in [0.3, 0.4) is 0 Å². The van der Waals surface area contributed by atoms with E-state index in [1.165, 1.54) is 23.6 Å². The molecule has 1 aliphatic rings. The van der Waals surface area contributed by atoms with Crippen molar-refractivity contribution in [3.05, 3.63) is 41.0 Å². The molecule has 2 rings (SSSR count). The Bertz CT molecular complexity index is 556. The predicted octanol–water partition coefficient (Wildman–Crippen LogP) is 2.93. The summed E-state index contributed by atoms with van der Waals surface area (Å²) in [4.78, 5) is 14.5. The minimum Gasteiger partial charge on any atom is -0.394 e. The highest BCUT2D eigenvalue weighted by Crippen LogP contribution is 2.23. The quantitative estimate of drug-likeness (QED) is 0.311. The number of fused-ring (bicyclic) bond motifs is 1. The van der Waals surface area contributed by atoms with Gasteiger partial charge in [-0.2, -0.15) is 0 Å². The maximum absolute atomic E-state index is 10.8. The summed E-state index contributed by atoms with van der Waals surface area (Å²) in [6.45, 7) is 5.64. The van der Waals surface area contributed by atoms with Crippen molar-refractivity contribution in [2.24, 2.45) is 4.99 Å². The van der Waals surface area contributed by atoms with Gasteiger partial charge in [-0.05, 0) is 55.2 Å². The van der Waals surface area contributed by atoms with Gasteiger partial charge in [0.25, 0.3) is 5.91 Å². The number of aryl methyl sites for hydroxylation is 2. The van der Waals surface area contributed by atoms with Crippen LogP contribution < -0.4 is 5.48 Å². The molecular weight excluding hydrogens is 304 g/mol. The lowest BCUT2D eigenvalue weighted by Gasteiger charge is -2.05. The normalized spacial score (nSPS) is 13.8. The van der Waals surface area contributed by atoms with Gasteiger partial charge in [0.15, 0.2) is 0 Å². The van der Waals surface area contributed by atoms with E-state index in [-0.39, 0.29) is 12.6 Å². The standard InChI is InChI=1S/C12H13NO2.C7H15NO/c14-12(13-15)7-5-9-4-6-10-2-1-3-11(10)8-9;1-3-4-5-7(6-9)8-2/h4-8,15H,1-3H2,(H,13,14);7,9H,2-6H2,1H3/b7-5+;. The Hall–Kier alpha value is -1.98. The number of aliphatic imine (C=N–C) groups is 1. The van der Waals surface area contributed by atoms with Crippen molar-refractivity contribution in [2.45, 2.75) is 51.5 Å². The smallest absolute Gasteiger partial charge is 0.267 e. The van der Waals surface area contributed by atoms with Crippen molar-refractivity contribution in [3.63, 3.8) is 0 Å². The van der Waals surface area contributed by atoms with Gasteiger partial charge in [0, 0.05) is 6.08 Å². The van der Waals surface area contributed by atoms with Crippen LogP contribution in [-0.4, -0.2) is 35.6 Å². The third-order valence-corrected chi connectivity index (χ3v) is 4.02. The summed E-state index contributed by atoms with van der Waals surface area (Å²) < 4.78 is 0. The number of unbranched alkanes of at least 4 members (excludes halogenated alkanes) is 1. The summed E-state index contributed by atoms with van der Waals surface area (Å²) in [5, 5.41) is 16.9. The highest BCUT2D eigenvalue weighted by molar-refractivity contribution is 5.90. The van der Waals surface area contributed by atoms with Gasteiger partial charge in [-0.15, -0.1) is 0 Å². The van der Waals surface area contributed by atoms with E-state index in [9.17, 15) is 4.79 Å². The molecule has 1 aromatic rings. The first kappa shape index (κ1) is 20.1. The molecule has 1 aromatic carbocycles. The van der Waals surface area contributed by atoms with Crippen LogP contribution in [0.25, 0.3) is 6.08 Å². The number of amides is 1. The zero-order valence-corrected chi connectivity index (χ0v) is 14.4. The predicted molar refractivity (Wildman–Crippen MR) is 97.4 cm³/mol. The highest BCUT2D eigenvalue weighted by Gasteiger charge is 2.09. The van der Waals surface area contributed by atoms with Crippen molar-refractivity contribution in [1.29, 1.82) is 0 Å². The van der Waals surface area contributed by atoms with Crippen LogP contribution in [-0.2, 0) is 17.6 Å². The van der Waals surface area contributed by atoms with Crippen LogP contribution in [0.2, 0.25) is 0 Å². The molecule has 1 atom stereocenters. The Morgan fingerprint density at radius 1 is 1.42 bits per heavy atom. The summed E-state index contributed by atoms with van der Waals surface area (Å²) in [6.07, 6.45) is 9.78. The van der Waals surface area contributed by atoms with E-state index in [0.717, 1.165) is 37.7 Å². The number of nitrogens with one attached hydrogen (secondary N) is 1. The molecule has 3 N–H and O–H groups in total. The Morgan fingerprint density at radius 2 is 2.17 bits per heavy atom. The third-order valence-electron chi connectivity index (χ3n) is 4.02. The molecular formula is C19H28N2O3. The molecule has 0 fully saturated rings. The lowest BCUT2D eigenvalue weighted by Crippen LogP contribution is -2.14. The molecule has 0 saturated carbocycles. The van der Waals surface area contributed by atoms with E-state index in [1.807, 2.05) is 6.07 Å². The average Bonchev–Trinajstić information content (AvgIpc) is 3.09. The molecule has 1 amide bonds. The third kappa shape index (κ3) is 7.06.